The van der Waals surface area contributed by atoms with Crippen molar-refractivity contribution in [3.8, 4) is 0 Å². The van der Waals surface area contributed by atoms with E-state index in [0.29, 0.717) is 19.0 Å². The molecule has 1 rings (SSSR count). The zero-order valence-electron chi connectivity index (χ0n) is 9.54. The van der Waals surface area contributed by atoms with Crippen molar-refractivity contribution in [3.63, 3.8) is 0 Å². The van der Waals surface area contributed by atoms with E-state index in [1.807, 2.05) is 11.8 Å². The van der Waals surface area contributed by atoms with Gasteiger partial charge in [0.25, 0.3) is 0 Å². The van der Waals surface area contributed by atoms with E-state index in [0.717, 1.165) is 32.4 Å². The summed E-state index contributed by atoms with van der Waals surface area (Å²) in [5.41, 5.74) is 0. The van der Waals surface area contributed by atoms with Crippen LogP contribution in [0.15, 0.2) is 0 Å². The maximum absolute atomic E-state index is 11.7. The Morgan fingerprint density at radius 3 is 3.07 bits per heavy atom. The van der Waals surface area contributed by atoms with Crippen LogP contribution in [0.25, 0.3) is 0 Å². The monoisotopic (exact) mass is 214 g/mol. The molecule has 0 aliphatic carbocycles. The zero-order chi connectivity index (χ0) is 11.1. The highest BCUT2D eigenvalue weighted by molar-refractivity contribution is 5.76. The van der Waals surface area contributed by atoms with E-state index in [-0.39, 0.29) is 12.5 Å². The molecule has 1 amide bonds. The van der Waals surface area contributed by atoms with Crippen LogP contribution in [0, 0.1) is 0 Å². The number of aliphatic hydroxyl groups is 1. The summed E-state index contributed by atoms with van der Waals surface area (Å²) < 4.78 is 0. The predicted molar refractivity (Wildman–Crippen MR) is 59.6 cm³/mol. The van der Waals surface area contributed by atoms with E-state index in [2.05, 4.69) is 5.32 Å². The third kappa shape index (κ3) is 4.18. The van der Waals surface area contributed by atoms with Gasteiger partial charge in [-0.15, -0.1) is 0 Å². The van der Waals surface area contributed by atoms with Crippen LogP contribution in [-0.2, 0) is 4.79 Å². The molecule has 0 bridgehead atoms. The summed E-state index contributed by atoms with van der Waals surface area (Å²) >= 11 is 0. The highest BCUT2D eigenvalue weighted by Crippen LogP contribution is 2.11. The summed E-state index contributed by atoms with van der Waals surface area (Å²) in [6.45, 7) is 4.53. The second-order valence-electron chi connectivity index (χ2n) is 4.11. The molecule has 0 aromatic rings. The number of nitrogens with zero attached hydrogens (tertiary/aromatic N) is 1. The quantitative estimate of drug-likeness (QED) is 0.695. The van der Waals surface area contributed by atoms with Crippen LogP contribution < -0.4 is 5.32 Å². The molecule has 1 aliphatic heterocycles. The standard InChI is InChI=1S/C11H22N2O2/c1-2-4-11(15)13-7-3-5-10(9-13)12-6-8-14/h10,12,14H,2-9H2,1H3. The first-order chi connectivity index (χ1) is 7.27. The van der Waals surface area contributed by atoms with Gasteiger partial charge in [0.1, 0.15) is 0 Å². The number of hydrogen-bond acceptors (Lipinski definition) is 3. The van der Waals surface area contributed by atoms with E-state index in [9.17, 15) is 4.79 Å². The van der Waals surface area contributed by atoms with Gasteiger partial charge in [0.15, 0.2) is 0 Å². The molecule has 1 aliphatic rings. The van der Waals surface area contributed by atoms with Gasteiger partial charge in [-0.3, -0.25) is 4.79 Å². The van der Waals surface area contributed by atoms with Gasteiger partial charge in [-0.2, -0.15) is 0 Å². The minimum Gasteiger partial charge on any atom is -0.395 e. The Morgan fingerprint density at radius 1 is 1.60 bits per heavy atom. The lowest BCUT2D eigenvalue weighted by atomic mass is 10.1. The van der Waals surface area contributed by atoms with E-state index in [4.69, 9.17) is 5.11 Å². The van der Waals surface area contributed by atoms with Crippen molar-refractivity contribution in [2.24, 2.45) is 0 Å². The topological polar surface area (TPSA) is 52.6 Å². The molecular formula is C11H22N2O2. The van der Waals surface area contributed by atoms with Crippen molar-refractivity contribution in [2.45, 2.75) is 38.6 Å². The Morgan fingerprint density at radius 2 is 2.40 bits per heavy atom. The number of carbonyl (C=O) groups excluding carboxylic acids is 1. The van der Waals surface area contributed by atoms with E-state index in [1.54, 1.807) is 0 Å². The Kier molecular flexibility index (Phi) is 5.65. The number of rotatable bonds is 5. The van der Waals surface area contributed by atoms with Crippen molar-refractivity contribution in [3.05, 3.63) is 0 Å². The maximum atomic E-state index is 11.7. The SMILES string of the molecule is CCCC(=O)N1CCCC(NCCO)C1. The molecule has 1 saturated heterocycles. The number of likely N-dealkylation sites (tertiary alicyclic amines) is 1. The number of amides is 1. The molecule has 0 radical (unpaired) electrons. The summed E-state index contributed by atoms with van der Waals surface area (Å²) in [7, 11) is 0. The second kappa shape index (κ2) is 6.80. The smallest absolute Gasteiger partial charge is 0.222 e. The third-order valence-corrected chi connectivity index (χ3v) is 2.78. The normalized spacial score (nSPS) is 21.7. The molecule has 1 fully saturated rings. The minimum atomic E-state index is 0.166. The Balaban J connectivity index is 2.31. The number of aliphatic hydroxyl groups excluding tert-OH is 1. The molecule has 0 aromatic heterocycles. The fourth-order valence-corrected chi connectivity index (χ4v) is 2.01. The van der Waals surface area contributed by atoms with Crippen molar-refractivity contribution in [1.82, 2.24) is 10.2 Å². The molecule has 15 heavy (non-hydrogen) atoms. The van der Waals surface area contributed by atoms with E-state index >= 15 is 0 Å². The summed E-state index contributed by atoms with van der Waals surface area (Å²) in [4.78, 5) is 13.6. The van der Waals surface area contributed by atoms with Crippen LogP contribution in [0.4, 0.5) is 0 Å². The number of piperidine rings is 1. The number of hydrogen-bond donors (Lipinski definition) is 2. The van der Waals surface area contributed by atoms with E-state index in [1.165, 1.54) is 0 Å². The van der Waals surface area contributed by atoms with Crippen molar-refractivity contribution >= 4 is 5.91 Å². The van der Waals surface area contributed by atoms with Gasteiger partial charge >= 0.3 is 0 Å². The Hall–Kier alpha value is -0.610. The van der Waals surface area contributed by atoms with Gasteiger partial charge in [-0.1, -0.05) is 6.92 Å². The van der Waals surface area contributed by atoms with Crippen LogP contribution >= 0.6 is 0 Å². The fourth-order valence-electron chi connectivity index (χ4n) is 2.01. The first-order valence-corrected chi connectivity index (χ1v) is 5.90. The van der Waals surface area contributed by atoms with Gasteiger partial charge in [-0.05, 0) is 19.3 Å². The first-order valence-electron chi connectivity index (χ1n) is 5.90. The zero-order valence-corrected chi connectivity index (χ0v) is 9.54. The molecule has 1 heterocycles. The average molecular weight is 214 g/mol. The van der Waals surface area contributed by atoms with Crippen molar-refractivity contribution < 1.29 is 9.90 Å². The van der Waals surface area contributed by atoms with E-state index < -0.39 is 0 Å². The second-order valence-corrected chi connectivity index (χ2v) is 4.11. The number of nitrogens with one attached hydrogen (secondary N) is 1. The summed E-state index contributed by atoms with van der Waals surface area (Å²) in [5, 5.41) is 12.0. The molecule has 0 spiro atoms. The molecule has 0 saturated carbocycles. The Labute approximate surface area is 91.6 Å². The summed E-state index contributed by atoms with van der Waals surface area (Å²) in [5.74, 6) is 0.271. The molecule has 1 unspecified atom stereocenters. The number of carbonyl (C=O) groups is 1. The Bertz CT molecular complexity index is 197. The van der Waals surface area contributed by atoms with Crippen molar-refractivity contribution in [1.29, 1.82) is 0 Å². The van der Waals surface area contributed by atoms with Crippen LogP contribution in [0.5, 0.6) is 0 Å². The lowest BCUT2D eigenvalue weighted by Gasteiger charge is -2.33. The average Bonchev–Trinajstić information content (AvgIpc) is 2.27. The predicted octanol–water partition coefficient (Wildman–Crippen LogP) is 0.359. The van der Waals surface area contributed by atoms with Gasteiger partial charge < -0.3 is 15.3 Å². The molecule has 2 N–H and O–H groups in total. The van der Waals surface area contributed by atoms with Crippen LogP contribution in [0.3, 0.4) is 0 Å². The van der Waals surface area contributed by atoms with Gasteiger partial charge in [-0.25, -0.2) is 0 Å². The minimum absolute atomic E-state index is 0.166. The largest absolute Gasteiger partial charge is 0.395 e. The maximum Gasteiger partial charge on any atom is 0.222 e. The van der Waals surface area contributed by atoms with Crippen molar-refractivity contribution in [2.75, 3.05) is 26.2 Å². The molecule has 0 aromatic carbocycles. The molecule has 4 heteroatoms. The van der Waals surface area contributed by atoms with Crippen LogP contribution in [-0.4, -0.2) is 48.2 Å². The van der Waals surface area contributed by atoms with Crippen LogP contribution in [0.1, 0.15) is 32.6 Å². The molecular weight excluding hydrogens is 192 g/mol. The third-order valence-electron chi connectivity index (χ3n) is 2.78. The van der Waals surface area contributed by atoms with Gasteiger partial charge in [0.05, 0.1) is 6.61 Å². The summed E-state index contributed by atoms with van der Waals surface area (Å²) in [6.07, 6.45) is 3.76. The lowest BCUT2D eigenvalue weighted by Crippen LogP contribution is -2.48. The summed E-state index contributed by atoms with van der Waals surface area (Å²) in [6, 6.07) is 0.367. The molecule has 88 valence electrons. The van der Waals surface area contributed by atoms with Gasteiger partial charge in [0.2, 0.25) is 5.91 Å². The first kappa shape index (κ1) is 12.5. The molecule has 1 atom stereocenters. The highest BCUT2D eigenvalue weighted by atomic mass is 16.3. The van der Waals surface area contributed by atoms with Gasteiger partial charge in [0, 0.05) is 32.1 Å². The fraction of sp³-hybridized carbons (Fsp3) is 0.909. The van der Waals surface area contributed by atoms with Crippen LogP contribution in [0.2, 0.25) is 0 Å². The molecule has 4 nitrogen and oxygen atoms in total. The highest BCUT2D eigenvalue weighted by Gasteiger charge is 2.22. The lowest BCUT2D eigenvalue weighted by molar-refractivity contribution is -0.132.